The molecule has 0 aromatic heterocycles. The molecule has 0 bridgehead atoms. The number of hydrogen-bond donors (Lipinski definition) is 0. The largest absolute Gasteiger partial charge is 0.292 e. The minimum absolute atomic E-state index is 0.141. The van der Waals surface area contributed by atoms with E-state index >= 15 is 0 Å². The summed E-state index contributed by atoms with van der Waals surface area (Å²) in [5, 5.41) is 9.02. The third-order valence-corrected chi connectivity index (χ3v) is 2.74. The number of rotatable bonds is 1. The fraction of sp³-hybridized carbons (Fsp3) is 0.889. The van der Waals surface area contributed by atoms with Crippen molar-refractivity contribution in [2.75, 3.05) is 14.1 Å². The van der Waals surface area contributed by atoms with Gasteiger partial charge in [-0.2, -0.15) is 5.26 Å². The summed E-state index contributed by atoms with van der Waals surface area (Å²) in [6.07, 6.45) is 5.84. The molecule has 0 aliphatic heterocycles. The summed E-state index contributed by atoms with van der Waals surface area (Å²) in [4.78, 5) is 2.08. The van der Waals surface area contributed by atoms with Crippen LogP contribution in [0.2, 0.25) is 0 Å². The van der Waals surface area contributed by atoms with E-state index in [1.807, 2.05) is 14.1 Å². The molecule has 0 N–H and O–H groups in total. The van der Waals surface area contributed by atoms with Crippen molar-refractivity contribution in [2.45, 2.75) is 37.6 Å². The lowest BCUT2D eigenvalue weighted by Gasteiger charge is -2.36. The lowest BCUT2D eigenvalue weighted by molar-refractivity contribution is 0.158. The highest BCUT2D eigenvalue weighted by Crippen LogP contribution is 2.31. The van der Waals surface area contributed by atoms with Crippen molar-refractivity contribution in [3.05, 3.63) is 0 Å². The van der Waals surface area contributed by atoms with Crippen LogP contribution in [0.1, 0.15) is 32.1 Å². The number of hydrogen-bond acceptors (Lipinski definition) is 2. The van der Waals surface area contributed by atoms with Crippen molar-refractivity contribution in [1.82, 2.24) is 4.90 Å². The van der Waals surface area contributed by atoms with E-state index in [1.54, 1.807) is 0 Å². The van der Waals surface area contributed by atoms with Gasteiger partial charge in [-0.15, -0.1) is 0 Å². The molecule has 0 radical (unpaired) electrons. The summed E-state index contributed by atoms with van der Waals surface area (Å²) in [5.74, 6) is 0. The molecule has 1 rings (SSSR count). The molecule has 0 unspecified atom stereocenters. The van der Waals surface area contributed by atoms with E-state index in [2.05, 4.69) is 11.0 Å². The zero-order valence-corrected chi connectivity index (χ0v) is 7.43. The predicted molar refractivity (Wildman–Crippen MR) is 45.1 cm³/mol. The van der Waals surface area contributed by atoms with Crippen molar-refractivity contribution in [3.8, 4) is 6.07 Å². The average Bonchev–Trinajstić information content (AvgIpc) is 2.05. The molecule has 2 nitrogen and oxygen atoms in total. The van der Waals surface area contributed by atoms with Crippen LogP contribution in [0.4, 0.5) is 0 Å². The van der Waals surface area contributed by atoms with E-state index in [1.165, 1.54) is 19.3 Å². The summed E-state index contributed by atoms with van der Waals surface area (Å²) < 4.78 is 0. The topological polar surface area (TPSA) is 27.0 Å². The monoisotopic (exact) mass is 152 g/mol. The molecule has 0 heterocycles. The molecule has 0 aromatic carbocycles. The van der Waals surface area contributed by atoms with Crippen LogP contribution in [0.5, 0.6) is 0 Å². The first-order valence-electron chi connectivity index (χ1n) is 4.30. The highest BCUT2D eigenvalue weighted by Gasteiger charge is 2.33. The maximum absolute atomic E-state index is 9.02. The Morgan fingerprint density at radius 2 is 1.73 bits per heavy atom. The molecule has 1 saturated carbocycles. The molecule has 1 aliphatic rings. The van der Waals surface area contributed by atoms with Crippen molar-refractivity contribution in [3.63, 3.8) is 0 Å². The Kier molecular flexibility index (Phi) is 2.51. The first-order valence-corrected chi connectivity index (χ1v) is 4.30. The zero-order chi connectivity index (χ0) is 8.32. The quantitative estimate of drug-likeness (QED) is 0.572. The molecular formula is C9H16N2. The van der Waals surface area contributed by atoms with E-state index < -0.39 is 0 Å². The summed E-state index contributed by atoms with van der Waals surface area (Å²) in [7, 11) is 4.02. The molecule has 2 heteroatoms. The van der Waals surface area contributed by atoms with Crippen molar-refractivity contribution in [1.29, 1.82) is 5.26 Å². The second-order valence-corrected chi connectivity index (χ2v) is 3.60. The maximum Gasteiger partial charge on any atom is 0.108 e. The lowest BCUT2D eigenvalue weighted by atomic mass is 9.82. The fourth-order valence-corrected chi connectivity index (χ4v) is 1.80. The van der Waals surface area contributed by atoms with Crippen LogP contribution in [-0.4, -0.2) is 24.5 Å². The van der Waals surface area contributed by atoms with Crippen LogP contribution in [0.25, 0.3) is 0 Å². The van der Waals surface area contributed by atoms with Gasteiger partial charge in [-0.1, -0.05) is 19.3 Å². The smallest absolute Gasteiger partial charge is 0.108 e. The van der Waals surface area contributed by atoms with Crippen molar-refractivity contribution in [2.24, 2.45) is 0 Å². The maximum atomic E-state index is 9.02. The Hall–Kier alpha value is -0.550. The highest BCUT2D eigenvalue weighted by atomic mass is 15.1. The first kappa shape index (κ1) is 8.55. The Morgan fingerprint density at radius 1 is 1.18 bits per heavy atom. The SMILES string of the molecule is CN(C)C1(C#N)CCCCC1. The average molecular weight is 152 g/mol. The van der Waals surface area contributed by atoms with E-state index in [0.717, 1.165) is 12.8 Å². The lowest BCUT2D eigenvalue weighted by Crippen LogP contribution is -2.44. The zero-order valence-electron chi connectivity index (χ0n) is 7.43. The Bertz CT molecular complexity index is 161. The van der Waals surface area contributed by atoms with Gasteiger partial charge in [0.2, 0.25) is 0 Å². The van der Waals surface area contributed by atoms with Crippen LogP contribution in [0.15, 0.2) is 0 Å². The molecule has 0 spiro atoms. The van der Waals surface area contributed by atoms with Crippen LogP contribution < -0.4 is 0 Å². The minimum atomic E-state index is -0.141. The Labute approximate surface area is 68.8 Å². The number of nitrogens with zero attached hydrogens (tertiary/aromatic N) is 2. The van der Waals surface area contributed by atoms with E-state index in [-0.39, 0.29) is 5.54 Å². The first-order chi connectivity index (χ1) is 5.21. The summed E-state index contributed by atoms with van der Waals surface area (Å²) in [6.45, 7) is 0. The molecular weight excluding hydrogens is 136 g/mol. The minimum Gasteiger partial charge on any atom is -0.292 e. The molecule has 1 fully saturated rings. The van der Waals surface area contributed by atoms with Crippen LogP contribution >= 0.6 is 0 Å². The third-order valence-electron chi connectivity index (χ3n) is 2.74. The van der Waals surface area contributed by atoms with Gasteiger partial charge in [-0.05, 0) is 26.9 Å². The summed E-state index contributed by atoms with van der Waals surface area (Å²) in [5.41, 5.74) is -0.141. The van der Waals surface area contributed by atoms with Gasteiger partial charge >= 0.3 is 0 Å². The van der Waals surface area contributed by atoms with Crippen LogP contribution in [0.3, 0.4) is 0 Å². The molecule has 0 aromatic rings. The van der Waals surface area contributed by atoms with Gasteiger partial charge in [-0.3, -0.25) is 4.90 Å². The second-order valence-electron chi connectivity index (χ2n) is 3.60. The highest BCUT2D eigenvalue weighted by molar-refractivity contribution is 5.08. The van der Waals surface area contributed by atoms with Crippen molar-refractivity contribution >= 4 is 0 Å². The van der Waals surface area contributed by atoms with Gasteiger partial charge in [0.25, 0.3) is 0 Å². The number of nitriles is 1. The molecule has 0 atom stereocenters. The van der Waals surface area contributed by atoms with E-state index in [0.29, 0.717) is 0 Å². The Balaban J connectivity index is 2.67. The molecule has 11 heavy (non-hydrogen) atoms. The van der Waals surface area contributed by atoms with E-state index in [9.17, 15) is 0 Å². The Morgan fingerprint density at radius 3 is 2.00 bits per heavy atom. The van der Waals surface area contributed by atoms with Gasteiger partial charge < -0.3 is 0 Å². The summed E-state index contributed by atoms with van der Waals surface area (Å²) in [6, 6.07) is 2.44. The molecule has 0 amide bonds. The predicted octanol–water partition coefficient (Wildman–Crippen LogP) is 1.77. The summed E-state index contributed by atoms with van der Waals surface area (Å²) >= 11 is 0. The fourth-order valence-electron chi connectivity index (χ4n) is 1.80. The van der Waals surface area contributed by atoms with E-state index in [4.69, 9.17) is 5.26 Å². The van der Waals surface area contributed by atoms with Crippen LogP contribution in [0, 0.1) is 11.3 Å². The molecule has 62 valence electrons. The van der Waals surface area contributed by atoms with Crippen LogP contribution in [-0.2, 0) is 0 Å². The van der Waals surface area contributed by atoms with Gasteiger partial charge in [0.15, 0.2) is 0 Å². The van der Waals surface area contributed by atoms with Gasteiger partial charge in [0, 0.05) is 0 Å². The molecule has 1 aliphatic carbocycles. The normalized spacial score (nSPS) is 23.1. The molecule has 0 saturated heterocycles. The van der Waals surface area contributed by atoms with Gasteiger partial charge in [0.05, 0.1) is 6.07 Å². The standard InChI is InChI=1S/C9H16N2/c1-11(2)9(8-10)6-4-3-5-7-9/h3-7H2,1-2H3. The second kappa shape index (κ2) is 3.23. The van der Waals surface area contributed by atoms with Gasteiger partial charge in [0.1, 0.15) is 5.54 Å². The van der Waals surface area contributed by atoms with Gasteiger partial charge in [-0.25, -0.2) is 0 Å². The van der Waals surface area contributed by atoms with Crippen molar-refractivity contribution < 1.29 is 0 Å². The third kappa shape index (κ3) is 1.54.